The second kappa shape index (κ2) is 7.18. The van der Waals surface area contributed by atoms with Crippen molar-refractivity contribution in [3.63, 3.8) is 0 Å². The Morgan fingerprint density at radius 2 is 1.06 bits per heavy atom. The molecule has 4 N–H and O–H groups in total. The van der Waals surface area contributed by atoms with Gasteiger partial charge in [0.15, 0.2) is 0 Å². The number of carbonyl (C=O) groups excluding carboxylic acids is 2. The van der Waals surface area contributed by atoms with E-state index in [9.17, 15) is 19.8 Å². The summed E-state index contributed by atoms with van der Waals surface area (Å²) >= 11 is 0. The first-order valence-corrected chi connectivity index (χ1v) is 13.0. The summed E-state index contributed by atoms with van der Waals surface area (Å²) in [5.74, 6) is 0.735. The van der Waals surface area contributed by atoms with Gasteiger partial charge in [0.25, 0.3) is 0 Å². The standard InChI is InChI=1S/C26H42N2O4/c1-23(2)15-9-11-25(23,19(29)13-15)21(31)27-17-7-5-6-8-18(17)28-22(32)26-12-10-16(14-20(26)30)24(26,3)4/h15-20,29-30H,5-14H2,1-4H3,(H,27,31)(H,28,32)/t15-,16-,17+,18+,19+,20+,25-,26-/m0/s1. The first kappa shape index (κ1) is 22.6. The number of rotatable bonds is 4. The molecule has 0 aromatic carbocycles. The minimum Gasteiger partial charge on any atom is -0.392 e. The molecule has 180 valence electrons. The smallest absolute Gasteiger partial charge is 0.229 e. The predicted octanol–water partition coefficient (Wildman–Crippen LogP) is 2.90. The van der Waals surface area contributed by atoms with Gasteiger partial charge in [-0.05, 0) is 74.0 Å². The number of nitrogens with one attached hydrogen (secondary N) is 2. The molecule has 6 heteroatoms. The summed E-state index contributed by atoms with van der Waals surface area (Å²) in [4.78, 5) is 27.3. The molecular formula is C26H42N2O4. The summed E-state index contributed by atoms with van der Waals surface area (Å²) < 4.78 is 0. The van der Waals surface area contributed by atoms with E-state index in [1.165, 1.54) is 0 Å². The Morgan fingerprint density at radius 3 is 1.34 bits per heavy atom. The van der Waals surface area contributed by atoms with E-state index in [0.29, 0.717) is 24.7 Å². The molecule has 4 bridgehead atoms. The zero-order valence-electron chi connectivity index (χ0n) is 20.2. The van der Waals surface area contributed by atoms with Crippen molar-refractivity contribution in [1.29, 1.82) is 0 Å². The van der Waals surface area contributed by atoms with Gasteiger partial charge >= 0.3 is 0 Å². The van der Waals surface area contributed by atoms with Gasteiger partial charge in [-0.25, -0.2) is 0 Å². The van der Waals surface area contributed by atoms with Crippen LogP contribution in [-0.4, -0.2) is 46.3 Å². The van der Waals surface area contributed by atoms with Crippen molar-refractivity contribution in [2.24, 2.45) is 33.5 Å². The average molecular weight is 447 g/mol. The van der Waals surface area contributed by atoms with Crippen LogP contribution in [0.1, 0.15) is 91.9 Å². The van der Waals surface area contributed by atoms with Gasteiger partial charge in [-0.1, -0.05) is 40.5 Å². The third kappa shape index (κ3) is 2.65. The molecule has 5 aliphatic carbocycles. The van der Waals surface area contributed by atoms with Gasteiger partial charge in [-0.15, -0.1) is 0 Å². The largest absolute Gasteiger partial charge is 0.392 e. The fourth-order valence-electron chi connectivity index (χ4n) is 9.04. The quantitative estimate of drug-likeness (QED) is 0.534. The Kier molecular flexibility index (Phi) is 5.08. The van der Waals surface area contributed by atoms with Crippen molar-refractivity contribution >= 4 is 11.8 Å². The van der Waals surface area contributed by atoms with Crippen molar-refractivity contribution in [3.8, 4) is 0 Å². The monoisotopic (exact) mass is 446 g/mol. The van der Waals surface area contributed by atoms with Gasteiger partial charge in [-0.2, -0.15) is 0 Å². The van der Waals surface area contributed by atoms with Crippen LogP contribution in [0, 0.1) is 33.5 Å². The third-order valence-corrected chi connectivity index (χ3v) is 11.5. The first-order chi connectivity index (χ1) is 15.0. The number of hydrogen-bond donors (Lipinski definition) is 4. The van der Waals surface area contributed by atoms with Crippen LogP contribution in [0.15, 0.2) is 0 Å². The van der Waals surface area contributed by atoms with E-state index in [4.69, 9.17) is 0 Å². The van der Waals surface area contributed by atoms with Crippen molar-refractivity contribution in [2.45, 2.75) is 116 Å². The van der Waals surface area contributed by atoms with Crippen molar-refractivity contribution < 1.29 is 19.8 Å². The van der Waals surface area contributed by atoms with E-state index >= 15 is 0 Å². The van der Waals surface area contributed by atoms with Crippen LogP contribution in [0.5, 0.6) is 0 Å². The topological polar surface area (TPSA) is 98.7 Å². The number of carbonyl (C=O) groups is 2. The van der Waals surface area contributed by atoms with E-state index < -0.39 is 23.0 Å². The molecule has 0 aromatic heterocycles. The highest BCUT2D eigenvalue weighted by Gasteiger charge is 2.69. The maximum absolute atomic E-state index is 13.7. The van der Waals surface area contributed by atoms with Crippen LogP contribution in [0.4, 0.5) is 0 Å². The van der Waals surface area contributed by atoms with Gasteiger partial charge in [0.05, 0.1) is 23.0 Å². The molecule has 5 rings (SSSR count). The molecule has 5 saturated carbocycles. The van der Waals surface area contributed by atoms with Gasteiger partial charge < -0.3 is 20.8 Å². The van der Waals surface area contributed by atoms with E-state index in [2.05, 4.69) is 38.3 Å². The Hall–Kier alpha value is -1.14. The van der Waals surface area contributed by atoms with E-state index in [-0.39, 0.29) is 34.7 Å². The SMILES string of the molecule is CC1(C)[C@H]2CC[C@@]1(C(=O)N[C@@H]1CCCC[C@H]1NC(=O)[C@]13CC[C@@H](C[C@H]1O)C3(C)C)[C@H](O)C2. The molecule has 6 nitrogen and oxygen atoms in total. The first-order valence-electron chi connectivity index (χ1n) is 13.0. The average Bonchev–Trinajstić information content (AvgIpc) is 3.29. The molecule has 0 spiro atoms. The summed E-state index contributed by atoms with van der Waals surface area (Å²) in [5, 5.41) is 28.3. The molecular weight excluding hydrogens is 404 g/mol. The lowest BCUT2D eigenvalue weighted by atomic mass is 9.67. The second-order valence-corrected chi connectivity index (χ2v) is 12.8. The summed E-state index contributed by atoms with van der Waals surface area (Å²) in [6.45, 7) is 8.55. The molecule has 5 aliphatic rings. The Bertz CT molecular complexity index is 744. The Labute approximate surface area is 192 Å². The lowest BCUT2D eigenvalue weighted by Gasteiger charge is -2.43. The van der Waals surface area contributed by atoms with Crippen LogP contribution in [0.25, 0.3) is 0 Å². The van der Waals surface area contributed by atoms with E-state index in [0.717, 1.165) is 51.4 Å². The second-order valence-electron chi connectivity index (χ2n) is 12.8. The number of aliphatic hydroxyl groups excluding tert-OH is 2. The van der Waals surface area contributed by atoms with Gasteiger partial charge in [0.2, 0.25) is 11.8 Å². The molecule has 32 heavy (non-hydrogen) atoms. The molecule has 0 aromatic rings. The van der Waals surface area contributed by atoms with Crippen molar-refractivity contribution in [3.05, 3.63) is 0 Å². The molecule has 5 fully saturated rings. The van der Waals surface area contributed by atoms with Gasteiger partial charge in [0.1, 0.15) is 0 Å². The highest BCUT2D eigenvalue weighted by atomic mass is 16.3. The minimum atomic E-state index is -0.718. The zero-order valence-corrected chi connectivity index (χ0v) is 20.2. The van der Waals surface area contributed by atoms with Gasteiger partial charge in [-0.3, -0.25) is 9.59 Å². The lowest BCUT2D eigenvalue weighted by molar-refractivity contribution is -0.147. The number of hydrogen-bond acceptors (Lipinski definition) is 4. The summed E-state index contributed by atoms with van der Waals surface area (Å²) in [5.41, 5.74) is -1.85. The predicted molar refractivity (Wildman–Crippen MR) is 121 cm³/mol. The van der Waals surface area contributed by atoms with Crippen LogP contribution >= 0.6 is 0 Å². The van der Waals surface area contributed by atoms with Gasteiger partial charge in [0, 0.05) is 12.1 Å². The Balaban J connectivity index is 1.33. The fraction of sp³-hybridized carbons (Fsp3) is 0.923. The lowest BCUT2D eigenvalue weighted by Crippen LogP contribution is -2.61. The minimum absolute atomic E-state index is 0.0264. The number of aliphatic hydroxyl groups is 2. The van der Waals surface area contributed by atoms with E-state index in [1.807, 2.05) is 0 Å². The molecule has 0 saturated heterocycles. The maximum Gasteiger partial charge on any atom is 0.229 e. The molecule has 2 amide bonds. The summed E-state index contributed by atoms with van der Waals surface area (Å²) in [6.07, 6.45) is 7.47. The van der Waals surface area contributed by atoms with Crippen LogP contribution in [0.2, 0.25) is 0 Å². The maximum atomic E-state index is 13.7. The fourth-order valence-corrected chi connectivity index (χ4v) is 9.04. The molecule has 0 radical (unpaired) electrons. The van der Waals surface area contributed by atoms with E-state index in [1.54, 1.807) is 0 Å². The molecule has 0 aliphatic heterocycles. The number of fused-ring (bicyclic) bond motifs is 4. The third-order valence-electron chi connectivity index (χ3n) is 11.5. The number of amides is 2. The van der Waals surface area contributed by atoms with Crippen LogP contribution in [0.3, 0.4) is 0 Å². The summed E-state index contributed by atoms with van der Waals surface area (Å²) in [7, 11) is 0. The molecule has 8 atom stereocenters. The highest BCUT2D eigenvalue weighted by molar-refractivity contribution is 5.87. The van der Waals surface area contributed by atoms with Crippen molar-refractivity contribution in [2.75, 3.05) is 0 Å². The Morgan fingerprint density at radius 1 is 0.688 bits per heavy atom. The highest BCUT2D eigenvalue weighted by Crippen LogP contribution is 2.67. The molecule has 0 heterocycles. The zero-order chi connectivity index (χ0) is 23.1. The van der Waals surface area contributed by atoms with Crippen LogP contribution < -0.4 is 10.6 Å². The van der Waals surface area contributed by atoms with Crippen molar-refractivity contribution in [1.82, 2.24) is 10.6 Å². The van der Waals surface area contributed by atoms with Crippen LogP contribution in [-0.2, 0) is 9.59 Å². The normalized spacial score (nSPS) is 48.1. The molecule has 0 unspecified atom stereocenters. The summed E-state index contributed by atoms with van der Waals surface area (Å²) in [6, 6.07) is -0.236.